The standard InChI is InChI=1S/C14H26N4O2/c1-5-11-17-13(12(15)14(18-11)19-6-2)16-8-7-9-20-10(3)4/h10H,5-9,15H2,1-4H3,(H,16,17,18). The molecule has 114 valence electrons. The molecule has 0 radical (unpaired) electrons. The summed E-state index contributed by atoms with van der Waals surface area (Å²) in [5.41, 5.74) is 6.48. The van der Waals surface area contributed by atoms with Crippen LogP contribution >= 0.6 is 0 Å². The molecule has 1 aromatic heterocycles. The lowest BCUT2D eigenvalue weighted by molar-refractivity contribution is 0.0787. The number of anilines is 2. The Balaban J connectivity index is 2.61. The molecule has 0 aromatic carbocycles. The van der Waals surface area contributed by atoms with Crippen molar-refractivity contribution in [2.45, 2.75) is 46.6 Å². The summed E-state index contributed by atoms with van der Waals surface area (Å²) in [6.45, 7) is 9.96. The molecule has 1 rings (SSSR count). The topological polar surface area (TPSA) is 82.3 Å². The van der Waals surface area contributed by atoms with E-state index in [1.807, 2.05) is 27.7 Å². The Morgan fingerprint density at radius 2 is 2.00 bits per heavy atom. The van der Waals surface area contributed by atoms with E-state index in [1.165, 1.54) is 0 Å². The smallest absolute Gasteiger partial charge is 0.242 e. The van der Waals surface area contributed by atoms with E-state index in [-0.39, 0.29) is 6.10 Å². The van der Waals surface area contributed by atoms with E-state index in [4.69, 9.17) is 15.2 Å². The second-order valence-corrected chi connectivity index (χ2v) is 4.69. The fourth-order valence-electron chi connectivity index (χ4n) is 1.63. The van der Waals surface area contributed by atoms with Gasteiger partial charge in [-0.3, -0.25) is 0 Å². The molecule has 6 heteroatoms. The van der Waals surface area contributed by atoms with Crippen LogP contribution < -0.4 is 15.8 Å². The van der Waals surface area contributed by atoms with Gasteiger partial charge in [0.1, 0.15) is 11.5 Å². The zero-order chi connectivity index (χ0) is 15.0. The van der Waals surface area contributed by atoms with Gasteiger partial charge in [0.2, 0.25) is 5.88 Å². The van der Waals surface area contributed by atoms with E-state index in [0.29, 0.717) is 30.6 Å². The van der Waals surface area contributed by atoms with Crippen LogP contribution in [0.4, 0.5) is 11.5 Å². The Morgan fingerprint density at radius 3 is 2.60 bits per heavy atom. The molecule has 0 saturated heterocycles. The summed E-state index contributed by atoms with van der Waals surface area (Å²) in [5.74, 6) is 1.83. The molecule has 0 aliphatic heterocycles. The average Bonchev–Trinajstić information content (AvgIpc) is 2.42. The second-order valence-electron chi connectivity index (χ2n) is 4.69. The van der Waals surface area contributed by atoms with E-state index in [1.54, 1.807) is 0 Å². The molecule has 1 aromatic rings. The van der Waals surface area contributed by atoms with Crippen LogP contribution in [-0.4, -0.2) is 35.8 Å². The van der Waals surface area contributed by atoms with Crippen LogP contribution in [0, 0.1) is 0 Å². The van der Waals surface area contributed by atoms with Crippen molar-refractivity contribution in [1.29, 1.82) is 0 Å². The zero-order valence-electron chi connectivity index (χ0n) is 12.9. The number of aryl methyl sites for hydroxylation is 1. The maximum atomic E-state index is 6.01. The predicted molar refractivity (Wildman–Crippen MR) is 81.2 cm³/mol. The third-order valence-corrected chi connectivity index (χ3v) is 2.62. The van der Waals surface area contributed by atoms with Crippen LogP contribution in [0.5, 0.6) is 5.88 Å². The Morgan fingerprint density at radius 1 is 1.25 bits per heavy atom. The van der Waals surface area contributed by atoms with Gasteiger partial charge in [-0.1, -0.05) is 6.92 Å². The Hall–Kier alpha value is -1.56. The lowest BCUT2D eigenvalue weighted by atomic mass is 10.3. The fourth-order valence-corrected chi connectivity index (χ4v) is 1.63. The van der Waals surface area contributed by atoms with Crippen LogP contribution in [0.1, 0.15) is 39.9 Å². The van der Waals surface area contributed by atoms with E-state index < -0.39 is 0 Å². The summed E-state index contributed by atoms with van der Waals surface area (Å²) < 4.78 is 10.9. The number of hydrogen-bond acceptors (Lipinski definition) is 6. The number of nitrogens with one attached hydrogen (secondary N) is 1. The molecule has 0 aliphatic rings. The van der Waals surface area contributed by atoms with Gasteiger partial charge >= 0.3 is 0 Å². The minimum Gasteiger partial charge on any atom is -0.476 e. The van der Waals surface area contributed by atoms with Gasteiger partial charge in [-0.15, -0.1) is 0 Å². The first-order valence-corrected chi connectivity index (χ1v) is 7.23. The summed E-state index contributed by atoms with van der Waals surface area (Å²) in [5, 5.41) is 3.22. The molecular weight excluding hydrogens is 256 g/mol. The van der Waals surface area contributed by atoms with Crippen molar-refractivity contribution in [3.8, 4) is 5.88 Å². The summed E-state index contributed by atoms with van der Waals surface area (Å²) in [6, 6.07) is 0. The van der Waals surface area contributed by atoms with Gasteiger partial charge in [0.15, 0.2) is 5.82 Å². The van der Waals surface area contributed by atoms with Gasteiger partial charge in [-0.2, -0.15) is 4.98 Å². The molecule has 0 fully saturated rings. The van der Waals surface area contributed by atoms with Gasteiger partial charge in [-0.25, -0.2) is 4.98 Å². The summed E-state index contributed by atoms with van der Waals surface area (Å²) in [7, 11) is 0. The highest BCUT2D eigenvalue weighted by atomic mass is 16.5. The number of nitrogens with zero attached hydrogens (tertiary/aromatic N) is 2. The molecule has 0 aliphatic carbocycles. The molecule has 0 unspecified atom stereocenters. The molecule has 1 heterocycles. The SMILES string of the molecule is CCOc1nc(CC)nc(NCCCOC(C)C)c1N. The van der Waals surface area contributed by atoms with Crippen LogP contribution in [0.3, 0.4) is 0 Å². The van der Waals surface area contributed by atoms with Crippen molar-refractivity contribution in [3.63, 3.8) is 0 Å². The van der Waals surface area contributed by atoms with Crippen molar-refractivity contribution in [2.75, 3.05) is 30.8 Å². The van der Waals surface area contributed by atoms with Gasteiger partial charge in [0, 0.05) is 19.6 Å². The monoisotopic (exact) mass is 282 g/mol. The van der Waals surface area contributed by atoms with Crippen molar-refractivity contribution < 1.29 is 9.47 Å². The molecule has 0 spiro atoms. The van der Waals surface area contributed by atoms with Crippen LogP contribution in [0.25, 0.3) is 0 Å². The molecule has 20 heavy (non-hydrogen) atoms. The maximum Gasteiger partial charge on any atom is 0.242 e. The number of rotatable bonds is 9. The van der Waals surface area contributed by atoms with Crippen molar-refractivity contribution in [2.24, 2.45) is 0 Å². The van der Waals surface area contributed by atoms with Crippen LogP contribution in [-0.2, 0) is 11.2 Å². The summed E-state index contributed by atoms with van der Waals surface area (Å²) >= 11 is 0. The number of ether oxygens (including phenoxy) is 2. The van der Waals surface area contributed by atoms with Crippen LogP contribution in [0.15, 0.2) is 0 Å². The number of nitrogens with two attached hydrogens (primary N) is 1. The number of nitrogen functional groups attached to an aromatic ring is 1. The molecule has 0 bridgehead atoms. The van der Waals surface area contributed by atoms with E-state index in [0.717, 1.165) is 25.2 Å². The van der Waals surface area contributed by atoms with Crippen LogP contribution in [0.2, 0.25) is 0 Å². The van der Waals surface area contributed by atoms with Crippen molar-refractivity contribution >= 4 is 11.5 Å². The summed E-state index contributed by atoms with van der Waals surface area (Å²) in [6.07, 6.45) is 1.90. The Bertz CT molecular complexity index is 410. The molecular formula is C14H26N4O2. The predicted octanol–water partition coefficient (Wildman–Crippen LogP) is 2.25. The Labute approximate surface area is 121 Å². The van der Waals surface area contributed by atoms with Gasteiger partial charge in [0.25, 0.3) is 0 Å². The van der Waals surface area contributed by atoms with Crippen molar-refractivity contribution in [3.05, 3.63) is 5.82 Å². The largest absolute Gasteiger partial charge is 0.476 e. The first-order valence-electron chi connectivity index (χ1n) is 7.23. The van der Waals surface area contributed by atoms with E-state index in [9.17, 15) is 0 Å². The first kappa shape index (κ1) is 16.5. The Kier molecular flexibility index (Phi) is 7.08. The first-order chi connectivity index (χ1) is 9.58. The van der Waals surface area contributed by atoms with Gasteiger partial charge < -0.3 is 20.5 Å². The number of hydrogen-bond donors (Lipinski definition) is 2. The highest BCUT2D eigenvalue weighted by Crippen LogP contribution is 2.26. The number of aromatic nitrogens is 2. The maximum absolute atomic E-state index is 6.01. The minimum absolute atomic E-state index is 0.260. The summed E-state index contributed by atoms with van der Waals surface area (Å²) in [4.78, 5) is 8.68. The van der Waals surface area contributed by atoms with Crippen molar-refractivity contribution in [1.82, 2.24) is 9.97 Å². The van der Waals surface area contributed by atoms with Gasteiger partial charge in [0.05, 0.1) is 12.7 Å². The molecule has 0 amide bonds. The average molecular weight is 282 g/mol. The van der Waals surface area contributed by atoms with E-state index >= 15 is 0 Å². The third kappa shape index (κ3) is 5.21. The second kappa shape index (κ2) is 8.58. The quantitative estimate of drug-likeness (QED) is 0.676. The fraction of sp³-hybridized carbons (Fsp3) is 0.714. The molecule has 0 atom stereocenters. The van der Waals surface area contributed by atoms with E-state index in [2.05, 4.69) is 15.3 Å². The van der Waals surface area contributed by atoms with Gasteiger partial charge in [-0.05, 0) is 27.2 Å². The minimum atomic E-state index is 0.260. The molecule has 0 saturated carbocycles. The highest BCUT2D eigenvalue weighted by molar-refractivity contribution is 5.66. The highest BCUT2D eigenvalue weighted by Gasteiger charge is 2.11. The molecule has 3 N–H and O–H groups in total. The molecule has 6 nitrogen and oxygen atoms in total. The normalized spacial score (nSPS) is 10.8. The lowest BCUT2D eigenvalue weighted by Crippen LogP contribution is -2.13. The zero-order valence-corrected chi connectivity index (χ0v) is 12.9. The lowest BCUT2D eigenvalue weighted by Gasteiger charge is -2.13. The third-order valence-electron chi connectivity index (χ3n) is 2.62.